The number of carbonyl (C=O) groups is 1. The van der Waals surface area contributed by atoms with Gasteiger partial charge in [-0.3, -0.25) is 0 Å². The average molecular weight is 214 g/mol. The molecular weight excluding hydrogens is 203 g/mol. The normalized spacial score (nSPS) is 10.1. The zero-order valence-electron chi connectivity index (χ0n) is 8.69. The molecule has 0 heterocycles. The van der Waals surface area contributed by atoms with E-state index < -0.39 is 0 Å². The van der Waals surface area contributed by atoms with Gasteiger partial charge in [-0.25, -0.2) is 4.39 Å². The molecule has 0 unspecified atom stereocenters. The van der Waals surface area contributed by atoms with E-state index in [1.54, 1.807) is 12.1 Å². The van der Waals surface area contributed by atoms with Crippen LogP contribution in [0.15, 0.2) is 48.5 Å². The maximum Gasteiger partial charge on any atom is 0.131 e. The molecule has 0 spiro atoms. The van der Waals surface area contributed by atoms with Gasteiger partial charge in [0.05, 0.1) is 0 Å². The van der Waals surface area contributed by atoms with Gasteiger partial charge in [0, 0.05) is 12.0 Å². The van der Waals surface area contributed by atoms with Gasteiger partial charge in [-0.1, -0.05) is 42.5 Å². The zero-order chi connectivity index (χ0) is 11.4. The van der Waals surface area contributed by atoms with Crippen molar-refractivity contribution in [2.24, 2.45) is 0 Å². The van der Waals surface area contributed by atoms with Crippen LogP contribution in [0.3, 0.4) is 0 Å². The molecule has 0 atom stereocenters. The van der Waals surface area contributed by atoms with Gasteiger partial charge in [0.15, 0.2) is 0 Å². The van der Waals surface area contributed by atoms with Crippen LogP contribution in [0.5, 0.6) is 0 Å². The molecule has 0 aliphatic carbocycles. The number of hydrogen-bond acceptors (Lipinski definition) is 1. The molecule has 0 saturated heterocycles. The summed E-state index contributed by atoms with van der Waals surface area (Å²) in [7, 11) is 0. The Labute approximate surface area is 93.5 Å². The van der Waals surface area contributed by atoms with Crippen molar-refractivity contribution in [2.75, 3.05) is 0 Å². The van der Waals surface area contributed by atoms with Crippen molar-refractivity contribution in [2.45, 2.75) is 6.42 Å². The predicted molar refractivity (Wildman–Crippen MR) is 61.6 cm³/mol. The maximum absolute atomic E-state index is 13.7. The summed E-state index contributed by atoms with van der Waals surface area (Å²) in [5.41, 5.74) is 2.11. The molecule has 0 aliphatic rings. The SMILES string of the molecule is O=CCc1ccc(-c2ccccc2)c(F)c1. The summed E-state index contributed by atoms with van der Waals surface area (Å²) in [5.74, 6) is -0.287. The van der Waals surface area contributed by atoms with Gasteiger partial charge < -0.3 is 4.79 Å². The molecule has 0 N–H and O–H groups in total. The van der Waals surface area contributed by atoms with Crippen molar-refractivity contribution in [3.05, 3.63) is 59.9 Å². The minimum atomic E-state index is -0.287. The molecule has 2 rings (SSSR count). The highest BCUT2D eigenvalue weighted by Gasteiger charge is 2.05. The van der Waals surface area contributed by atoms with Gasteiger partial charge in [0.2, 0.25) is 0 Å². The van der Waals surface area contributed by atoms with Gasteiger partial charge >= 0.3 is 0 Å². The van der Waals surface area contributed by atoms with Gasteiger partial charge in [-0.2, -0.15) is 0 Å². The summed E-state index contributed by atoms with van der Waals surface area (Å²) >= 11 is 0. The summed E-state index contributed by atoms with van der Waals surface area (Å²) in [4.78, 5) is 10.3. The first-order valence-electron chi connectivity index (χ1n) is 5.09. The number of aldehydes is 1. The van der Waals surface area contributed by atoms with Crippen LogP contribution in [0.25, 0.3) is 11.1 Å². The molecule has 0 aliphatic heterocycles. The Morgan fingerprint density at radius 2 is 1.81 bits per heavy atom. The van der Waals surface area contributed by atoms with Gasteiger partial charge in [-0.05, 0) is 17.2 Å². The fourth-order valence-corrected chi connectivity index (χ4v) is 1.63. The lowest BCUT2D eigenvalue weighted by Crippen LogP contribution is -1.90. The van der Waals surface area contributed by atoms with E-state index in [2.05, 4.69) is 0 Å². The van der Waals surface area contributed by atoms with Crippen LogP contribution >= 0.6 is 0 Å². The summed E-state index contributed by atoms with van der Waals surface area (Å²) < 4.78 is 13.7. The molecular formula is C14H11FO. The van der Waals surface area contributed by atoms with Crippen LogP contribution in [0, 0.1) is 5.82 Å². The van der Waals surface area contributed by atoms with Gasteiger partial charge in [0.1, 0.15) is 12.1 Å². The van der Waals surface area contributed by atoms with Crippen LogP contribution in [0.4, 0.5) is 4.39 Å². The molecule has 0 saturated carbocycles. The second-order valence-corrected chi connectivity index (χ2v) is 3.55. The Balaban J connectivity index is 2.40. The smallest absolute Gasteiger partial charge is 0.131 e. The average Bonchev–Trinajstić information content (AvgIpc) is 2.31. The lowest BCUT2D eigenvalue weighted by atomic mass is 10.0. The molecule has 0 radical (unpaired) electrons. The Bertz CT molecular complexity index is 491. The van der Waals surface area contributed by atoms with E-state index in [1.165, 1.54) is 6.07 Å². The molecule has 2 aromatic rings. The Morgan fingerprint density at radius 3 is 2.44 bits per heavy atom. The van der Waals surface area contributed by atoms with Crippen molar-refractivity contribution in [1.29, 1.82) is 0 Å². The first kappa shape index (κ1) is 10.6. The number of benzene rings is 2. The topological polar surface area (TPSA) is 17.1 Å². The second-order valence-electron chi connectivity index (χ2n) is 3.55. The Kier molecular flexibility index (Phi) is 3.10. The van der Waals surface area contributed by atoms with Crippen LogP contribution in [-0.2, 0) is 11.2 Å². The minimum Gasteiger partial charge on any atom is -0.303 e. The lowest BCUT2D eigenvalue weighted by Gasteiger charge is -2.04. The van der Waals surface area contributed by atoms with Gasteiger partial charge in [0.25, 0.3) is 0 Å². The van der Waals surface area contributed by atoms with E-state index in [4.69, 9.17) is 0 Å². The van der Waals surface area contributed by atoms with Crippen molar-refractivity contribution < 1.29 is 9.18 Å². The molecule has 0 aromatic heterocycles. The molecule has 2 heteroatoms. The fraction of sp³-hybridized carbons (Fsp3) is 0.0714. The van der Waals surface area contributed by atoms with Crippen molar-refractivity contribution in [3.63, 3.8) is 0 Å². The fourth-order valence-electron chi connectivity index (χ4n) is 1.63. The first-order valence-corrected chi connectivity index (χ1v) is 5.09. The van der Waals surface area contributed by atoms with Crippen LogP contribution in [0.1, 0.15) is 5.56 Å². The molecule has 0 fully saturated rings. The lowest BCUT2D eigenvalue weighted by molar-refractivity contribution is -0.107. The van der Waals surface area contributed by atoms with E-state index in [-0.39, 0.29) is 12.2 Å². The highest BCUT2D eigenvalue weighted by molar-refractivity contribution is 5.65. The van der Waals surface area contributed by atoms with E-state index in [0.717, 1.165) is 11.8 Å². The molecule has 1 nitrogen and oxygen atoms in total. The summed E-state index contributed by atoms with van der Waals surface area (Å²) in [6, 6.07) is 14.3. The van der Waals surface area contributed by atoms with Gasteiger partial charge in [-0.15, -0.1) is 0 Å². The summed E-state index contributed by atoms with van der Waals surface area (Å²) in [5, 5.41) is 0. The zero-order valence-corrected chi connectivity index (χ0v) is 8.69. The third kappa shape index (κ3) is 2.16. The maximum atomic E-state index is 13.7. The number of hydrogen-bond donors (Lipinski definition) is 0. The largest absolute Gasteiger partial charge is 0.303 e. The van der Waals surface area contributed by atoms with E-state index >= 15 is 0 Å². The van der Waals surface area contributed by atoms with E-state index in [1.807, 2.05) is 30.3 Å². The number of halogens is 1. The second kappa shape index (κ2) is 4.71. The monoisotopic (exact) mass is 214 g/mol. The quantitative estimate of drug-likeness (QED) is 0.717. The molecule has 2 aromatic carbocycles. The molecule has 80 valence electrons. The molecule has 16 heavy (non-hydrogen) atoms. The minimum absolute atomic E-state index is 0.256. The van der Waals surface area contributed by atoms with Crippen LogP contribution < -0.4 is 0 Å². The predicted octanol–water partition coefficient (Wildman–Crippen LogP) is 3.23. The Hall–Kier alpha value is -1.96. The van der Waals surface area contributed by atoms with Crippen LogP contribution in [-0.4, -0.2) is 6.29 Å². The Morgan fingerprint density at radius 1 is 1.06 bits per heavy atom. The summed E-state index contributed by atoms with van der Waals surface area (Å²) in [6.45, 7) is 0. The summed E-state index contributed by atoms with van der Waals surface area (Å²) in [6.07, 6.45) is 1.03. The van der Waals surface area contributed by atoms with E-state index in [9.17, 15) is 9.18 Å². The standard InChI is InChI=1S/C14H11FO/c15-14-10-11(8-9-16)6-7-13(14)12-4-2-1-3-5-12/h1-7,9-10H,8H2. The van der Waals surface area contributed by atoms with Crippen molar-refractivity contribution >= 4 is 6.29 Å². The van der Waals surface area contributed by atoms with Crippen molar-refractivity contribution in [1.82, 2.24) is 0 Å². The molecule has 0 amide bonds. The highest BCUT2D eigenvalue weighted by Crippen LogP contribution is 2.23. The third-order valence-corrected chi connectivity index (χ3v) is 2.44. The number of rotatable bonds is 3. The van der Waals surface area contributed by atoms with Crippen LogP contribution in [0.2, 0.25) is 0 Å². The highest BCUT2D eigenvalue weighted by atomic mass is 19.1. The molecule has 0 bridgehead atoms. The number of carbonyl (C=O) groups excluding carboxylic acids is 1. The van der Waals surface area contributed by atoms with E-state index in [0.29, 0.717) is 11.1 Å². The third-order valence-electron chi connectivity index (χ3n) is 2.44. The first-order chi connectivity index (χ1) is 7.81. The van der Waals surface area contributed by atoms with Crippen molar-refractivity contribution in [3.8, 4) is 11.1 Å².